The largest absolute Gasteiger partial charge is 0.495 e. The summed E-state index contributed by atoms with van der Waals surface area (Å²) in [6.45, 7) is 0.783. The van der Waals surface area contributed by atoms with Gasteiger partial charge in [-0.05, 0) is 30.4 Å². The number of amides is 2. The van der Waals surface area contributed by atoms with Crippen LogP contribution in [0.1, 0.15) is 44.8 Å². The van der Waals surface area contributed by atoms with Gasteiger partial charge in [-0.3, -0.25) is 14.4 Å². The second kappa shape index (κ2) is 11.5. The van der Waals surface area contributed by atoms with Gasteiger partial charge in [0, 0.05) is 45.6 Å². The fourth-order valence-corrected chi connectivity index (χ4v) is 6.05. The quantitative estimate of drug-likeness (QED) is 0.409. The van der Waals surface area contributed by atoms with E-state index in [9.17, 15) is 18.8 Å². The van der Waals surface area contributed by atoms with E-state index in [0.29, 0.717) is 26.0 Å². The van der Waals surface area contributed by atoms with Crippen LogP contribution in [0.15, 0.2) is 53.5 Å². The highest BCUT2D eigenvalue weighted by Crippen LogP contribution is 2.48. The number of aromatic nitrogens is 1. The van der Waals surface area contributed by atoms with Crippen LogP contribution < -0.4 is 20.2 Å². The molecule has 2 heterocycles. The van der Waals surface area contributed by atoms with Crippen molar-refractivity contribution >= 4 is 23.4 Å². The number of nitrogens with one attached hydrogen (secondary N) is 1. The first-order chi connectivity index (χ1) is 19.7. The Morgan fingerprint density at radius 2 is 1.88 bits per heavy atom. The molecular formula is C30H31ClFN3O6. The maximum atomic E-state index is 14.8. The van der Waals surface area contributed by atoms with E-state index < -0.39 is 22.7 Å². The fraction of sp³-hybridized carbons (Fsp3) is 0.367. The summed E-state index contributed by atoms with van der Waals surface area (Å²) >= 11 is 6.03. The third-order valence-electron chi connectivity index (χ3n) is 7.75. The lowest BCUT2D eigenvalue weighted by Gasteiger charge is -2.54. The van der Waals surface area contributed by atoms with Gasteiger partial charge in [0.2, 0.25) is 5.43 Å². The highest BCUT2D eigenvalue weighted by Gasteiger charge is 2.52. The number of halogens is 2. The van der Waals surface area contributed by atoms with Crippen molar-refractivity contribution in [1.82, 2.24) is 14.8 Å². The van der Waals surface area contributed by atoms with Crippen molar-refractivity contribution in [2.24, 2.45) is 5.92 Å². The maximum absolute atomic E-state index is 14.8. The molecule has 1 aliphatic carbocycles. The number of nitrogens with zero attached hydrogens (tertiary/aromatic N) is 2. The molecule has 0 unspecified atom stereocenters. The first-order valence-corrected chi connectivity index (χ1v) is 13.6. The molecule has 1 saturated carbocycles. The molecule has 2 aliphatic rings. The van der Waals surface area contributed by atoms with Crippen molar-refractivity contribution in [1.29, 1.82) is 0 Å². The van der Waals surface area contributed by atoms with E-state index in [-0.39, 0.29) is 58.3 Å². The number of fused-ring (bicyclic) bond motifs is 2. The summed E-state index contributed by atoms with van der Waals surface area (Å²) in [7, 11) is 4.71. The van der Waals surface area contributed by atoms with Gasteiger partial charge in [-0.2, -0.15) is 0 Å². The fourth-order valence-electron chi connectivity index (χ4n) is 5.79. The number of benzene rings is 2. The van der Waals surface area contributed by atoms with Crippen molar-refractivity contribution < 1.29 is 28.2 Å². The van der Waals surface area contributed by atoms with E-state index in [1.807, 2.05) is 30.3 Å². The van der Waals surface area contributed by atoms with Crippen molar-refractivity contribution in [2.75, 3.05) is 34.4 Å². The molecule has 0 atom stereocenters. The van der Waals surface area contributed by atoms with Gasteiger partial charge in [0.15, 0.2) is 17.3 Å². The minimum Gasteiger partial charge on any atom is -0.495 e. The van der Waals surface area contributed by atoms with Crippen LogP contribution >= 0.6 is 11.6 Å². The Hall–Kier alpha value is -3.89. The zero-order valence-corrected chi connectivity index (χ0v) is 23.8. The topological polar surface area (TPSA) is 99.1 Å². The van der Waals surface area contributed by atoms with Gasteiger partial charge in [0.05, 0.1) is 12.6 Å². The lowest BCUT2D eigenvalue weighted by Crippen LogP contribution is -2.60. The molecule has 0 saturated heterocycles. The molecule has 0 bridgehead atoms. The highest BCUT2D eigenvalue weighted by molar-refractivity contribution is 6.32. The minimum atomic E-state index is -0.730. The molecule has 3 aromatic rings. The SMILES string of the molecule is COC[C@H]1C[C@@]2(CN(C)C(=O)c3c(OCc4ccccc4)c(=O)c(C(=O)NCc4ccc(OC)c(Cl)c4F)cn32)C1. The average Bonchev–Trinajstić information content (AvgIpc) is 2.95. The first kappa shape index (κ1) is 28.6. The molecule has 41 heavy (non-hydrogen) atoms. The molecule has 1 fully saturated rings. The number of likely N-dealkylation sites (N-methyl/N-ethyl adjacent to an activating group) is 1. The van der Waals surface area contributed by atoms with E-state index in [2.05, 4.69) is 5.32 Å². The monoisotopic (exact) mass is 583 g/mol. The normalized spacial score (nSPS) is 19.5. The maximum Gasteiger partial charge on any atom is 0.274 e. The van der Waals surface area contributed by atoms with Crippen molar-refractivity contribution in [3.63, 3.8) is 0 Å². The Morgan fingerprint density at radius 3 is 2.56 bits per heavy atom. The lowest BCUT2D eigenvalue weighted by atomic mass is 9.67. The predicted molar refractivity (Wildman–Crippen MR) is 150 cm³/mol. The Balaban J connectivity index is 1.53. The second-order valence-electron chi connectivity index (χ2n) is 10.5. The summed E-state index contributed by atoms with van der Waals surface area (Å²) in [5, 5.41) is 2.42. The smallest absolute Gasteiger partial charge is 0.274 e. The Bertz CT molecular complexity index is 1540. The number of methoxy groups -OCH3 is 2. The van der Waals surface area contributed by atoms with Crippen molar-refractivity contribution in [3.8, 4) is 11.5 Å². The van der Waals surface area contributed by atoms with Crippen LogP contribution in [-0.2, 0) is 23.4 Å². The van der Waals surface area contributed by atoms with Gasteiger partial charge in [0.25, 0.3) is 11.8 Å². The third-order valence-corrected chi connectivity index (χ3v) is 8.11. The Labute approximate surface area is 241 Å². The zero-order chi connectivity index (χ0) is 29.3. The molecule has 2 amide bonds. The van der Waals surface area contributed by atoms with E-state index in [0.717, 1.165) is 5.56 Å². The molecule has 5 rings (SSSR count). The predicted octanol–water partition coefficient (Wildman–Crippen LogP) is 4.00. The Kier molecular flexibility index (Phi) is 8.06. The molecule has 216 valence electrons. The van der Waals surface area contributed by atoms with Crippen LogP contribution in [-0.4, -0.2) is 55.7 Å². The molecule has 1 aromatic heterocycles. The summed E-state index contributed by atoms with van der Waals surface area (Å²) < 4.78 is 32.9. The van der Waals surface area contributed by atoms with E-state index in [1.54, 1.807) is 23.6 Å². The van der Waals surface area contributed by atoms with Gasteiger partial charge < -0.3 is 29.0 Å². The van der Waals surface area contributed by atoms with Crippen LogP contribution in [0, 0.1) is 11.7 Å². The van der Waals surface area contributed by atoms with E-state index in [1.165, 1.54) is 25.4 Å². The lowest BCUT2D eigenvalue weighted by molar-refractivity contribution is -0.0192. The highest BCUT2D eigenvalue weighted by atomic mass is 35.5. The molecule has 1 aliphatic heterocycles. The molecule has 1 spiro atoms. The number of hydrogen-bond donors (Lipinski definition) is 1. The number of hydrogen-bond acceptors (Lipinski definition) is 6. The van der Waals surface area contributed by atoms with Crippen molar-refractivity contribution in [2.45, 2.75) is 31.5 Å². The summed E-state index contributed by atoms with van der Waals surface area (Å²) in [5.74, 6) is -1.58. The summed E-state index contributed by atoms with van der Waals surface area (Å²) in [6.07, 6.45) is 2.83. The van der Waals surface area contributed by atoms with Crippen molar-refractivity contribution in [3.05, 3.63) is 92.1 Å². The summed E-state index contributed by atoms with van der Waals surface area (Å²) in [4.78, 5) is 42.2. The van der Waals surface area contributed by atoms with Crippen LogP contribution in [0.5, 0.6) is 11.5 Å². The number of ether oxygens (including phenoxy) is 3. The van der Waals surface area contributed by atoms with E-state index in [4.69, 9.17) is 25.8 Å². The van der Waals surface area contributed by atoms with Gasteiger partial charge in [-0.15, -0.1) is 0 Å². The van der Waals surface area contributed by atoms with Gasteiger partial charge >= 0.3 is 0 Å². The van der Waals surface area contributed by atoms with Gasteiger partial charge in [-0.25, -0.2) is 4.39 Å². The zero-order valence-electron chi connectivity index (χ0n) is 23.0. The number of pyridine rings is 1. The molecule has 1 N–H and O–H groups in total. The van der Waals surface area contributed by atoms with Crippen LogP contribution in [0.3, 0.4) is 0 Å². The molecule has 2 aromatic carbocycles. The van der Waals surface area contributed by atoms with E-state index >= 15 is 0 Å². The average molecular weight is 584 g/mol. The minimum absolute atomic E-state index is 0.0278. The third kappa shape index (κ3) is 5.29. The standard InChI is InChI=1S/C30H31ClFN3O6/c1-34-17-30(11-19(12-30)15-39-2)35-14-21(28(37)33-13-20-9-10-22(40-3)23(31)24(20)32)26(36)27(25(35)29(34)38)41-16-18-7-5-4-6-8-18/h4-10,14,19H,11-13,15-17H2,1-3H3,(H,33,37)/t19-,30-. The van der Waals surface area contributed by atoms with Crippen LogP contribution in [0.2, 0.25) is 5.02 Å². The molecule has 0 radical (unpaired) electrons. The van der Waals surface area contributed by atoms with Gasteiger partial charge in [0.1, 0.15) is 22.9 Å². The molecular weight excluding hydrogens is 553 g/mol. The molecule has 11 heteroatoms. The molecule has 9 nitrogen and oxygen atoms in total. The van der Waals surface area contributed by atoms with Crippen LogP contribution in [0.4, 0.5) is 4.39 Å². The van der Waals surface area contributed by atoms with Crippen LogP contribution in [0.25, 0.3) is 0 Å². The second-order valence-corrected chi connectivity index (χ2v) is 10.9. The summed E-state index contributed by atoms with van der Waals surface area (Å²) in [5.41, 5.74) is -0.419. The number of carbonyl (C=O) groups is 2. The number of carbonyl (C=O) groups excluding carboxylic acids is 2. The van der Waals surface area contributed by atoms with Gasteiger partial charge in [-0.1, -0.05) is 48.0 Å². The summed E-state index contributed by atoms with van der Waals surface area (Å²) in [6, 6.07) is 12.2. The first-order valence-electron chi connectivity index (χ1n) is 13.2. The number of rotatable bonds is 9. The Morgan fingerprint density at radius 1 is 1.15 bits per heavy atom.